The maximum absolute atomic E-state index is 11.0. The average molecular weight is 337 g/mol. The Balaban J connectivity index is 1.68. The fraction of sp³-hybridized carbons (Fsp3) is 0.211. The molecule has 0 aliphatic heterocycles. The van der Waals surface area contributed by atoms with E-state index in [9.17, 15) is 4.79 Å². The summed E-state index contributed by atoms with van der Waals surface area (Å²) in [6.45, 7) is 5.33. The molecule has 0 radical (unpaired) electrons. The summed E-state index contributed by atoms with van der Waals surface area (Å²) >= 11 is 0. The summed E-state index contributed by atoms with van der Waals surface area (Å²) in [4.78, 5) is 11.0. The van der Waals surface area contributed by atoms with E-state index in [-0.39, 0.29) is 5.91 Å². The second kappa shape index (κ2) is 7.17. The fourth-order valence-corrected chi connectivity index (χ4v) is 2.29. The van der Waals surface area contributed by atoms with Crippen LogP contribution >= 0.6 is 0 Å². The largest absolute Gasteiger partial charge is 0.481 e. The third-order valence-corrected chi connectivity index (χ3v) is 3.57. The van der Waals surface area contributed by atoms with E-state index in [1.165, 1.54) is 12.5 Å². The number of anilines is 1. The van der Waals surface area contributed by atoms with Crippen molar-refractivity contribution in [2.75, 3.05) is 5.32 Å². The molecule has 0 spiro atoms. The molecule has 6 heteroatoms. The molecule has 1 N–H and O–H groups in total. The molecule has 3 aromatic rings. The van der Waals surface area contributed by atoms with Crippen LogP contribution < -0.4 is 10.1 Å². The second-order valence-corrected chi connectivity index (χ2v) is 5.78. The zero-order chi connectivity index (χ0) is 17.8. The molecular formula is C19H19N3O3. The Kier molecular flexibility index (Phi) is 4.79. The van der Waals surface area contributed by atoms with Crippen LogP contribution in [0, 0.1) is 6.92 Å². The molecule has 0 saturated heterocycles. The number of carbonyl (C=O) groups excluding carboxylic acids is 1. The molecule has 0 aliphatic carbocycles. The van der Waals surface area contributed by atoms with Crippen molar-refractivity contribution >= 4 is 11.6 Å². The Hall–Kier alpha value is -3.15. The predicted molar refractivity (Wildman–Crippen MR) is 94.3 cm³/mol. The van der Waals surface area contributed by atoms with Crippen LogP contribution in [0.1, 0.15) is 31.4 Å². The van der Waals surface area contributed by atoms with Crippen LogP contribution in [0.2, 0.25) is 0 Å². The number of carbonyl (C=O) groups is 1. The molecule has 1 aromatic heterocycles. The van der Waals surface area contributed by atoms with Gasteiger partial charge in [0.1, 0.15) is 5.75 Å². The van der Waals surface area contributed by atoms with Crippen LogP contribution in [0.15, 0.2) is 52.9 Å². The van der Waals surface area contributed by atoms with Gasteiger partial charge in [0.05, 0.1) is 0 Å². The quantitative estimate of drug-likeness (QED) is 0.757. The third-order valence-electron chi connectivity index (χ3n) is 3.57. The first kappa shape index (κ1) is 16.7. The Labute approximate surface area is 145 Å². The van der Waals surface area contributed by atoms with Crippen molar-refractivity contribution in [2.24, 2.45) is 0 Å². The minimum absolute atomic E-state index is 0.114. The van der Waals surface area contributed by atoms with Crippen molar-refractivity contribution in [1.82, 2.24) is 10.2 Å². The van der Waals surface area contributed by atoms with E-state index in [1.807, 2.05) is 38.1 Å². The van der Waals surface area contributed by atoms with E-state index in [1.54, 1.807) is 24.3 Å². The SMILES string of the molecule is CC(=O)Nc1ccc(O[C@@H](C)c2nnc(-c3ccc(C)cc3)o2)cc1. The fourth-order valence-electron chi connectivity index (χ4n) is 2.29. The summed E-state index contributed by atoms with van der Waals surface area (Å²) < 4.78 is 11.5. The molecule has 0 unspecified atom stereocenters. The first-order chi connectivity index (χ1) is 12.0. The molecule has 2 aromatic carbocycles. The molecule has 1 heterocycles. The normalized spacial score (nSPS) is 11.8. The summed E-state index contributed by atoms with van der Waals surface area (Å²) in [5.41, 5.74) is 2.76. The monoisotopic (exact) mass is 337 g/mol. The number of hydrogen-bond acceptors (Lipinski definition) is 5. The van der Waals surface area contributed by atoms with Gasteiger partial charge >= 0.3 is 0 Å². The van der Waals surface area contributed by atoms with Gasteiger partial charge in [0, 0.05) is 18.2 Å². The highest BCUT2D eigenvalue weighted by Gasteiger charge is 2.16. The van der Waals surface area contributed by atoms with Gasteiger partial charge in [-0.3, -0.25) is 4.79 Å². The van der Waals surface area contributed by atoms with E-state index in [4.69, 9.17) is 9.15 Å². The highest BCUT2D eigenvalue weighted by Crippen LogP contribution is 2.25. The van der Waals surface area contributed by atoms with Crippen molar-refractivity contribution in [3.8, 4) is 17.2 Å². The maximum Gasteiger partial charge on any atom is 0.257 e. The van der Waals surface area contributed by atoms with Gasteiger partial charge in [-0.2, -0.15) is 0 Å². The number of nitrogens with one attached hydrogen (secondary N) is 1. The van der Waals surface area contributed by atoms with Gasteiger partial charge < -0.3 is 14.5 Å². The molecular weight excluding hydrogens is 318 g/mol. The molecule has 0 bridgehead atoms. The lowest BCUT2D eigenvalue weighted by Crippen LogP contribution is -2.06. The smallest absolute Gasteiger partial charge is 0.257 e. The van der Waals surface area contributed by atoms with Crippen molar-refractivity contribution in [3.05, 3.63) is 60.0 Å². The first-order valence-corrected chi connectivity index (χ1v) is 7.96. The van der Waals surface area contributed by atoms with Gasteiger partial charge in [-0.25, -0.2) is 0 Å². The van der Waals surface area contributed by atoms with E-state index in [2.05, 4.69) is 15.5 Å². The zero-order valence-electron chi connectivity index (χ0n) is 14.3. The Morgan fingerprint density at radius 2 is 1.76 bits per heavy atom. The number of amides is 1. The average Bonchev–Trinajstić information content (AvgIpc) is 3.07. The van der Waals surface area contributed by atoms with Gasteiger partial charge in [0.25, 0.3) is 5.89 Å². The minimum Gasteiger partial charge on any atom is -0.481 e. The number of ether oxygens (including phenoxy) is 1. The minimum atomic E-state index is -0.390. The zero-order valence-corrected chi connectivity index (χ0v) is 14.3. The molecule has 0 saturated carbocycles. The topological polar surface area (TPSA) is 77.2 Å². The lowest BCUT2D eigenvalue weighted by atomic mass is 10.1. The van der Waals surface area contributed by atoms with Gasteiger partial charge in [0.2, 0.25) is 11.8 Å². The number of benzene rings is 2. The highest BCUT2D eigenvalue weighted by atomic mass is 16.5. The number of hydrogen-bond donors (Lipinski definition) is 1. The lowest BCUT2D eigenvalue weighted by Gasteiger charge is -2.11. The molecule has 6 nitrogen and oxygen atoms in total. The molecule has 1 amide bonds. The number of aryl methyl sites for hydroxylation is 1. The summed E-state index contributed by atoms with van der Waals surface area (Å²) in [5.74, 6) is 1.40. The molecule has 0 aliphatic rings. The van der Waals surface area contributed by atoms with Crippen LogP contribution in [-0.4, -0.2) is 16.1 Å². The van der Waals surface area contributed by atoms with Crippen LogP contribution in [0.25, 0.3) is 11.5 Å². The first-order valence-electron chi connectivity index (χ1n) is 7.96. The van der Waals surface area contributed by atoms with Crippen LogP contribution in [0.3, 0.4) is 0 Å². The number of aromatic nitrogens is 2. The molecule has 3 rings (SSSR count). The van der Waals surface area contributed by atoms with Crippen molar-refractivity contribution in [3.63, 3.8) is 0 Å². The number of nitrogens with zero attached hydrogens (tertiary/aromatic N) is 2. The summed E-state index contributed by atoms with van der Waals surface area (Å²) in [5, 5.41) is 10.9. The molecule has 25 heavy (non-hydrogen) atoms. The summed E-state index contributed by atoms with van der Waals surface area (Å²) in [6.07, 6.45) is -0.390. The van der Waals surface area contributed by atoms with E-state index in [0.29, 0.717) is 23.2 Å². The standard InChI is InChI=1S/C19H19N3O3/c1-12-4-6-15(7-5-12)19-22-21-18(25-19)13(2)24-17-10-8-16(9-11-17)20-14(3)23/h4-11,13H,1-3H3,(H,20,23)/t13-/m0/s1. The van der Waals surface area contributed by atoms with Gasteiger partial charge in [-0.1, -0.05) is 17.7 Å². The highest BCUT2D eigenvalue weighted by molar-refractivity contribution is 5.88. The van der Waals surface area contributed by atoms with Crippen molar-refractivity contribution in [2.45, 2.75) is 26.9 Å². The Morgan fingerprint density at radius 1 is 1.08 bits per heavy atom. The van der Waals surface area contributed by atoms with Gasteiger partial charge in [0.15, 0.2) is 6.10 Å². The van der Waals surface area contributed by atoms with Crippen molar-refractivity contribution < 1.29 is 13.9 Å². The predicted octanol–water partition coefficient (Wildman–Crippen LogP) is 4.14. The van der Waals surface area contributed by atoms with Crippen LogP contribution in [0.4, 0.5) is 5.69 Å². The Morgan fingerprint density at radius 3 is 2.40 bits per heavy atom. The van der Waals surface area contributed by atoms with E-state index in [0.717, 1.165) is 5.56 Å². The molecule has 128 valence electrons. The lowest BCUT2D eigenvalue weighted by molar-refractivity contribution is -0.114. The summed E-state index contributed by atoms with van der Waals surface area (Å²) in [7, 11) is 0. The van der Waals surface area contributed by atoms with Crippen LogP contribution in [-0.2, 0) is 4.79 Å². The Bertz CT molecular complexity index is 854. The summed E-state index contributed by atoms with van der Waals surface area (Å²) in [6, 6.07) is 15.0. The van der Waals surface area contributed by atoms with Crippen molar-refractivity contribution in [1.29, 1.82) is 0 Å². The van der Waals surface area contributed by atoms with Gasteiger partial charge in [-0.05, 0) is 50.2 Å². The van der Waals surface area contributed by atoms with E-state index < -0.39 is 6.10 Å². The molecule has 1 atom stereocenters. The van der Waals surface area contributed by atoms with E-state index >= 15 is 0 Å². The van der Waals surface area contributed by atoms with Gasteiger partial charge in [-0.15, -0.1) is 10.2 Å². The maximum atomic E-state index is 11.0. The second-order valence-electron chi connectivity index (χ2n) is 5.78. The third kappa shape index (κ3) is 4.23. The van der Waals surface area contributed by atoms with Crippen LogP contribution in [0.5, 0.6) is 5.75 Å². The molecule has 0 fully saturated rings. The number of rotatable bonds is 5.